The summed E-state index contributed by atoms with van der Waals surface area (Å²) in [6.45, 7) is 0.220. The molecule has 2 aromatic heterocycles. The number of rotatable bonds is 4. The molecule has 8 heteroatoms. The lowest BCUT2D eigenvalue weighted by molar-refractivity contribution is 0.581. The molecule has 0 fully saturated rings. The highest BCUT2D eigenvalue weighted by molar-refractivity contribution is 7.90. The molecule has 0 bridgehead atoms. The Hall–Kier alpha value is -1.83. The summed E-state index contributed by atoms with van der Waals surface area (Å²) in [7, 11) is -3.04. The highest BCUT2D eigenvalue weighted by Gasteiger charge is 2.11. The maximum Gasteiger partial charge on any atom is 0.200 e. The van der Waals surface area contributed by atoms with Crippen LogP contribution in [0.4, 0.5) is 0 Å². The van der Waals surface area contributed by atoms with Crippen LogP contribution in [0.15, 0.2) is 24.4 Å². The van der Waals surface area contributed by atoms with E-state index in [1.807, 2.05) is 6.07 Å². The minimum Gasteiger partial charge on any atom is -0.253 e. The molecule has 17 heavy (non-hydrogen) atoms. The molecule has 0 aliphatic heterocycles. The van der Waals surface area contributed by atoms with Gasteiger partial charge in [-0.1, -0.05) is 6.07 Å². The zero-order chi connectivity index (χ0) is 12.3. The molecule has 0 aliphatic rings. The van der Waals surface area contributed by atoms with Gasteiger partial charge in [0.25, 0.3) is 0 Å². The van der Waals surface area contributed by atoms with Crippen LogP contribution in [0, 0.1) is 0 Å². The van der Waals surface area contributed by atoms with Crippen LogP contribution >= 0.6 is 0 Å². The topological polar surface area (TPSA) is 90.6 Å². The van der Waals surface area contributed by atoms with Gasteiger partial charge in [0.1, 0.15) is 15.5 Å². The van der Waals surface area contributed by atoms with Crippen molar-refractivity contribution in [2.75, 3.05) is 12.0 Å². The Kier molecular flexibility index (Phi) is 3.14. The van der Waals surface area contributed by atoms with Gasteiger partial charge >= 0.3 is 0 Å². The third-order valence-electron chi connectivity index (χ3n) is 2.10. The Bertz CT molecular complexity index is 593. The monoisotopic (exact) mass is 253 g/mol. The standard InChI is InChI=1S/C9H11N5O2S/c1-17(15,16)7-6-14-9(11-12-13-14)8-4-2-3-5-10-8/h2-5H,6-7H2,1H3. The van der Waals surface area contributed by atoms with Crippen molar-refractivity contribution in [3.8, 4) is 11.5 Å². The average molecular weight is 253 g/mol. The van der Waals surface area contributed by atoms with Crippen molar-refractivity contribution in [1.82, 2.24) is 25.2 Å². The Morgan fingerprint density at radius 2 is 2.18 bits per heavy atom. The average Bonchev–Trinajstić information content (AvgIpc) is 2.75. The van der Waals surface area contributed by atoms with Crippen molar-refractivity contribution >= 4 is 9.84 Å². The first kappa shape index (κ1) is 11.6. The van der Waals surface area contributed by atoms with Gasteiger partial charge < -0.3 is 0 Å². The number of nitrogens with zero attached hydrogens (tertiary/aromatic N) is 5. The van der Waals surface area contributed by atoms with Crippen molar-refractivity contribution in [3.63, 3.8) is 0 Å². The maximum atomic E-state index is 11.1. The molecule has 7 nitrogen and oxygen atoms in total. The molecule has 0 saturated carbocycles. The lowest BCUT2D eigenvalue weighted by Gasteiger charge is -2.02. The summed E-state index contributed by atoms with van der Waals surface area (Å²) in [6.07, 6.45) is 2.81. The van der Waals surface area contributed by atoms with E-state index in [0.29, 0.717) is 11.5 Å². The van der Waals surface area contributed by atoms with E-state index in [1.54, 1.807) is 18.3 Å². The summed E-state index contributed by atoms with van der Waals surface area (Å²) in [6, 6.07) is 5.37. The van der Waals surface area contributed by atoms with Gasteiger partial charge in [0.2, 0.25) is 5.82 Å². The number of hydrogen-bond donors (Lipinski definition) is 0. The lowest BCUT2D eigenvalue weighted by Crippen LogP contribution is -2.13. The van der Waals surface area contributed by atoms with Crippen LogP contribution in [0.3, 0.4) is 0 Å². The van der Waals surface area contributed by atoms with Crippen LogP contribution in [0.25, 0.3) is 11.5 Å². The molecule has 2 heterocycles. The minimum atomic E-state index is -3.04. The fraction of sp³-hybridized carbons (Fsp3) is 0.333. The van der Waals surface area contributed by atoms with Gasteiger partial charge in [-0.2, -0.15) is 0 Å². The van der Waals surface area contributed by atoms with E-state index in [2.05, 4.69) is 20.5 Å². The fourth-order valence-electron chi connectivity index (χ4n) is 1.29. The molecule has 0 aliphatic carbocycles. The second kappa shape index (κ2) is 4.58. The second-order valence-corrected chi connectivity index (χ2v) is 5.83. The first-order chi connectivity index (χ1) is 8.06. The SMILES string of the molecule is CS(=O)(=O)CCn1nnnc1-c1ccccn1. The summed E-state index contributed by atoms with van der Waals surface area (Å²) >= 11 is 0. The van der Waals surface area contributed by atoms with E-state index < -0.39 is 9.84 Å². The minimum absolute atomic E-state index is 0.00211. The van der Waals surface area contributed by atoms with Crippen LogP contribution in [0.1, 0.15) is 0 Å². The smallest absolute Gasteiger partial charge is 0.200 e. The molecule has 0 spiro atoms. The normalized spacial score (nSPS) is 11.6. The summed E-state index contributed by atoms with van der Waals surface area (Å²) in [5, 5.41) is 11.1. The molecule has 0 radical (unpaired) electrons. The first-order valence-electron chi connectivity index (χ1n) is 4.91. The third-order valence-corrected chi connectivity index (χ3v) is 3.02. The molecule has 2 aromatic rings. The summed E-state index contributed by atoms with van der Waals surface area (Å²) in [4.78, 5) is 4.11. The summed E-state index contributed by atoms with van der Waals surface area (Å²) in [5.74, 6) is 0.465. The van der Waals surface area contributed by atoms with Crippen molar-refractivity contribution in [2.45, 2.75) is 6.54 Å². The molecule has 2 rings (SSSR count). The summed E-state index contributed by atoms with van der Waals surface area (Å²) < 4.78 is 23.6. The molecular formula is C9H11N5O2S. The predicted octanol–water partition coefficient (Wildman–Crippen LogP) is -0.220. The summed E-state index contributed by atoms with van der Waals surface area (Å²) in [5.41, 5.74) is 0.617. The molecule has 0 atom stereocenters. The fourth-order valence-corrected chi connectivity index (χ4v) is 1.79. The van der Waals surface area contributed by atoms with Crippen molar-refractivity contribution in [1.29, 1.82) is 0 Å². The van der Waals surface area contributed by atoms with Gasteiger partial charge in [0, 0.05) is 12.5 Å². The van der Waals surface area contributed by atoms with E-state index in [1.165, 1.54) is 10.9 Å². The zero-order valence-electron chi connectivity index (χ0n) is 9.18. The number of tetrazole rings is 1. The largest absolute Gasteiger partial charge is 0.253 e. The quantitative estimate of drug-likeness (QED) is 0.748. The van der Waals surface area contributed by atoms with E-state index in [4.69, 9.17) is 0 Å². The number of pyridine rings is 1. The van der Waals surface area contributed by atoms with Gasteiger partial charge in [-0.25, -0.2) is 13.1 Å². The number of aryl methyl sites for hydroxylation is 1. The van der Waals surface area contributed by atoms with Crippen molar-refractivity contribution in [2.24, 2.45) is 0 Å². The predicted molar refractivity (Wildman–Crippen MR) is 60.8 cm³/mol. The van der Waals surface area contributed by atoms with Gasteiger partial charge in [0.05, 0.1) is 12.3 Å². The maximum absolute atomic E-state index is 11.1. The highest BCUT2D eigenvalue weighted by Crippen LogP contribution is 2.11. The van der Waals surface area contributed by atoms with Gasteiger partial charge in [-0.05, 0) is 22.6 Å². The third kappa shape index (κ3) is 3.06. The molecule has 0 aromatic carbocycles. The van der Waals surface area contributed by atoms with Crippen LogP contribution in [0.2, 0.25) is 0 Å². The van der Waals surface area contributed by atoms with Crippen LogP contribution in [-0.2, 0) is 16.4 Å². The number of sulfone groups is 1. The number of aromatic nitrogens is 5. The van der Waals surface area contributed by atoms with Crippen molar-refractivity contribution < 1.29 is 8.42 Å². The van der Waals surface area contributed by atoms with Crippen LogP contribution < -0.4 is 0 Å². The molecule has 0 amide bonds. The Morgan fingerprint density at radius 3 is 2.82 bits per heavy atom. The van der Waals surface area contributed by atoms with Gasteiger partial charge in [-0.15, -0.1) is 5.10 Å². The van der Waals surface area contributed by atoms with Crippen LogP contribution in [-0.4, -0.2) is 45.6 Å². The van der Waals surface area contributed by atoms with E-state index in [-0.39, 0.29) is 12.3 Å². The molecular weight excluding hydrogens is 242 g/mol. The number of hydrogen-bond acceptors (Lipinski definition) is 6. The molecule has 0 unspecified atom stereocenters. The Labute approximate surface area is 98.4 Å². The lowest BCUT2D eigenvalue weighted by atomic mass is 10.3. The zero-order valence-corrected chi connectivity index (χ0v) is 10.0. The van der Waals surface area contributed by atoms with Gasteiger partial charge in [0.15, 0.2) is 0 Å². The Morgan fingerprint density at radius 1 is 1.35 bits per heavy atom. The second-order valence-electron chi connectivity index (χ2n) is 3.57. The molecule has 0 N–H and O–H groups in total. The van der Waals surface area contributed by atoms with E-state index in [9.17, 15) is 8.42 Å². The van der Waals surface area contributed by atoms with E-state index >= 15 is 0 Å². The Balaban J connectivity index is 2.24. The highest BCUT2D eigenvalue weighted by atomic mass is 32.2. The van der Waals surface area contributed by atoms with Crippen LogP contribution in [0.5, 0.6) is 0 Å². The molecule has 90 valence electrons. The first-order valence-corrected chi connectivity index (χ1v) is 6.97. The van der Waals surface area contributed by atoms with E-state index in [0.717, 1.165) is 0 Å². The van der Waals surface area contributed by atoms with Gasteiger partial charge in [-0.3, -0.25) is 4.98 Å². The van der Waals surface area contributed by atoms with Crippen molar-refractivity contribution in [3.05, 3.63) is 24.4 Å². The molecule has 0 saturated heterocycles.